The van der Waals surface area contributed by atoms with Crippen molar-refractivity contribution in [1.29, 1.82) is 0 Å². The zero-order chi connectivity index (χ0) is 18.1. The SMILES string of the molecule is Cc1ccc(O)c(C)c1NC(=O)c1sc(Nc2ccn(C)n2)nc1N. The molecule has 0 bridgehead atoms. The van der Waals surface area contributed by atoms with Crippen molar-refractivity contribution in [1.82, 2.24) is 14.8 Å². The molecular weight excluding hydrogens is 340 g/mol. The zero-order valence-corrected chi connectivity index (χ0v) is 14.8. The van der Waals surface area contributed by atoms with E-state index in [-0.39, 0.29) is 17.5 Å². The highest BCUT2D eigenvalue weighted by molar-refractivity contribution is 7.18. The van der Waals surface area contributed by atoms with E-state index < -0.39 is 0 Å². The molecule has 0 radical (unpaired) electrons. The highest BCUT2D eigenvalue weighted by atomic mass is 32.1. The van der Waals surface area contributed by atoms with Gasteiger partial charge < -0.3 is 21.5 Å². The first-order valence-electron chi connectivity index (χ1n) is 7.48. The molecule has 8 nitrogen and oxygen atoms in total. The van der Waals surface area contributed by atoms with E-state index in [0.29, 0.717) is 27.1 Å². The lowest BCUT2D eigenvalue weighted by atomic mass is 10.1. The normalized spacial score (nSPS) is 10.7. The molecule has 0 saturated heterocycles. The second-order valence-electron chi connectivity index (χ2n) is 5.59. The van der Waals surface area contributed by atoms with Gasteiger partial charge in [-0.05, 0) is 25.5 Å². The average molecular weight is 358 g/mol. The Bertz CT molecular complexity index is 946. The summed E-state index contributed by atoms with van der Waals surface area (Å²) in [5, 5.41) is 20.3. The van der Waals surface area contributed by atoms with Gasteiger partial charge in [-0.1, -0.05) is 17.4 Å². The summed E-state index contributed by atoms with van der Waals surface area (Å²) in [6.07, 6.45) is 1.79. The molecule has 25 heavy (non-hydrogen) atoms. The Morgan fingerprint density at radius 3 is 2.76 bits per heavy atom. The number of carbonyl (C=O) groups excluding carboxylic acids is 1. The van der Waals surface area contributed by atoms with Gasteiger partial charge in [0.15, 0.2) is 10.9 Å². The molecule has 3 rings (SSSR count). The molecule has 0 fully saturated rings. The molecule has 0 aliphatic rings. The van der Waals surface area contributed by atoms with E-state index in [1.165, 1.54) is 0 Å². The summed E-state index contributed by atoms with van der Waals surface area (Å²) in [6.45, 7) is 3.59. The molecule has 0 aliphatic heterocycles. The number of carbonyl (C=O) groups is 1. The van der Waals surface area contributed by atoms with Gasteiger partial charge in [-0.25, -0.2) is 4.98 Å². The molecule has 0 spiro atoms. The predicted octanol–water partition coefficient (Wildman–Crippen LogP) is 2.78. The van der Waals surface area contributed by atoms with Gasteiger partial charge >= 0.3 is 0 Å². The highest BCUT2D eigenvalue weighted by Gasteiger charge is 2.19. The van der Waals surface area contributed by atoms with Crippen LogP contribution in [-0.4, -0.2) is 25.8 Å². The molecule has 0 aliphatic carbocycles. The van der Waals surface area contributed by atoms with Gasteiger partial charge in [-0.3, -0.25) is 9.48 Å². The maximum Gasteiger partial charge on any atom is 0.269 e. The minimum absolute atomic E-state index is 0.121. The highest BCUT2D eigenvalue weighted by Crippen LogP contribution is 2.31. The maximum atomic E-state index is 12.6. The number of phenols is 1. The van der Waals surface area contributed by atoms with Crippen LogP contribution in [0.5, 0.6) is 5.75 Å². The quantitative estimate of drug-likeness (QED) is 0.569. The van der Waals surface area contributed by atoms with Crippen molar-refractivity contribution in [2.75, 3.05) is 16.4 Å². The maximum absolute atomic E-state index is 12.6. The van der Waals surface area contributed by atoms with Crippen LogP contribution in [0.4, 0.5) is 22.5 Å². The van der Waals surface area contributed by atoms with Crippen LogP contribution in [0.1, 0.15) is 20.8 Å². The van der Waals surface area contributed by atoms with Gasteiger partial charge in [0.25, 0.3) is 5.91 Å². The number of aromatic hydroxyl groups is 1. The summed E-state index contributed by atoms with van der Waals surface area (Å²) >= 11 is 1.14. The number of nitrogens with one attached hydrogen (secondary N) is 2. The van der Waals surface area contributed by atoms with Gasteiger partial charge in [-0.2, -0.15) is 5.10 Å². The number of rotatable bonds is 4. The van der Waals surface area contributed by atoms with Crippen LogP contribution in [0.25, 0.3) is 0 Å². The number of aromatic nitrogens is 3. The summed E-state index contributed by atoms with van der Waals surface area (Å²) in [5.41, 5.74) is 7.90. The molecule has 3 aromatic rings. The van der Waals surface area contributed by atoms with Crippen molar-refractivity contribution < 1.29 is 9.90 Å². The van der Waals surface area contributed by atoms with E-state index in [0.717, 1.165) is 16.9 Å². The zero-order valence-electron chi connectivity index (χ0n) is 14.0. The number of aryl methyl sites for hydroxylation is 2. The second kappa shape index (κ2) is 6.44. The van der Waals surface area contributed by atoms with Crippen LogP contribution >= 0.6 is 11.3 Å². The Morgan fingerprint density at radius 1 is 1.32 bits per heavy atom. The fourth-order valence-electron chi connectivity index (χ4n) is 2.34. The van der Waals surface area contributed by atoms with Crippen LogP contribution in [0.2, 0.25) is 0 Å². The first-order chi connectivity index (χ1) is 11.8. The molecule has 1 amide bonds. The van der Waals surface area contributed by atoms with E-state index >= 15 is 0 Å². The molecule has 0 unspecified atom stereocenters. The topological polar surface area (TPSA) is 118 Å². The number of anilines is 4. The fourth-order valence-corrected chi connectivity index (χ4v) is 3.12. The van der Waals surface area contributed by atoms with Crippen molar-refractivity contribution in [3.05, 3.63) is 40.4 Å². The largest absolute Gasteiger partial charge is 0.508 e. The van der Waals surface area contributed by atoms with Gasteiger partial charge in [0, 0.05) is 24.9 Å². The third-order valence-electron chi connectivity index (χ3n) is 3.69. The van der Waals surface area contributed by atoms with Crippen LogP contribution in [-0.2, 0) is 7.05 Å². The minimum Gasteiger partial charge on any atom is -0.508 e. The fraction of sp³-hybridized carbons (Fsp3) is 0.188. The number of nitrogen functional groups attached to an aromatic ring is 1. The number of phenolic OH excluding ortho intramolecular Hbond substituents is 1. The van der Waals surface area contributed by atoms with E-state index in [1.807, 2.05) is 6.92 Å². The van der Waals surface area contributed by atoms with Crippen LogP contribution in [0.15, 0.2) is 24.4 Å². The Kier molecular flexibility index (Phi) is 4.32. The predicted molar refractivity (Wildman–Crippen MR) is 98.6 cm³/mol. The van der Waals surface area contributed by atoms with Gasteiger partial charge in [0.2, 0.25) is 0 Å². The third-order valence-corrected chi connectivity index (χ3v) is 4.68. The number of hydrogen-bond donors (Lipinski definition) is 4. The van der Waals surface area contributed by atoms with Crippen molar-refractivity contribution >= 4 is 39.7 Å². The lowest BCUT2D eigenvalue weighted by Crippen LogP contribution is -2.14. The van der Waals surface area contributed by atoms with Crippen LogP contribution in [0, 0.1) is 13.8 Å². The van der Waals surface area contributed by atoms with E-state index in [2.05, 4.69) is 20.7 Å². The Hall–Kier alpha value is -3.07. The standard InChI is InChI=1S/C16H18N6O2S/c1-8-4-5-10(23)9(2)12(8)19-15(24)13-14(17)20-16(25-13)18-11-6-7-22(3)21-11/h4-7,23H,17H2,1-3H3,(H,19,24)(H,18,20,21). The third kappa shape index (κ3) is 3.41. The summed E-state index contributed by atoms with van der Waals surface area (Å²) in [5.74, 6) is 0.496. The summed E-state index contributed by atoms with van der Waals surface area (Å²) < 4.78 is 1.65. The average Bonchev–Trinajstić information content (AvgIpc) is 3.13. The van der Waals surface area contributed by atoms with Crippen molar-refractivity contribution in [2.45, 2.75) is 13.8 Å². The van der Waals surface area contributed by atoms with Crippen molar-refractivity contribution in [3.8, 4) is 5.75 Å². The smallest absolute Gasteiger partial charge is 0.269 e. The van der Waals surface area contributed by atoms with E-state index in [9.17, 15) is 9.90 Å². The van der Waals surface area contributed by atoms with Gasteiger partial charge in [0.05, 0.1) is 5.69 Å². The summed E-state index contributed by atoms with van der Waals surface area (Å²) in [4.78, 5) is 17.0. The van der Waals surface area contributed by atoms with Crippen molar-refractivity contribution in [2.24, 2.45) is 7.05 Å². The molecule has 0 saturated carbocycles. The molecule has 5 N–H and O–H groups in total. The minimum atomic E-state index is -0.374. The Balaban J connectivity index is 1.82. The lowest BCUT2D eigenvalue weighted by molar-refractivity contribution is 0.103. The van der Waals surface area contributed by atoms with Gasteiger partial charge in [-0.15, -0.1) is 0 Å². The monoisotopic (exact) mass is 358 g/mol. The molecule has 2 heterocycles. The number of thiazole rings is 1. The van der Waals surface area contributed by atoms with E-state index in [1.54, 1.807) is 43.0 Å². The lowest BCUT2D eigenvalue weighted by Gasteiger charge is -2.12. The molecule has 9 heteroatoms. The molecule has 1 aromatic carbocycles. The number of amides is 1. The first-order valence-corrected chi connectivity index (χ1v) is 8.30. The van der Waals surface area contributed by atoms with Crippen molar-refractivity contribution in [3.63, 3.8) is 0 Å². The molecule has 130 valence electrons. The number of nitrogens with two attached hydrogens (primary N) is 1. The summed E-state index contributed by atoms with van der Waals surface area (Å²) in [7, 11) is 1.81. The Morgan fingerprint density at radius 2 is 2.08 bits per heavy atom. The number of hydrogen-bond acceptors (Lipinski definition) is 7. The Labute approximate surface area is 148 Å². The summed E-state index contributed by atoms with van der Waals surface area (Å²) in [6, 6.07) is 5.12. The first kappa shape index (κ1) is 16.8. The number of nitrogens with zero attached hydrogens (tertiary/aromatic N) is 3. The van der Waals surface area contributed by atoms with Gasteiger partial charge in [0.1, 0.15) is 16.4 Å². The van der Waals surface area contributed by atoms with E-state index in [4.69, 9.17) is 5.73 Å². The molecule has 2 aromatic heterocycles. The van der Waals surface area contributed by atoms with Crippen LogP contribution in [0.3, 0.4) is 0 Å². The second-order valence-corrected chi connectivity index (χ2v) is 6.59. The molecule has 0 atom stereocenters. The van der Waals surface area contributed by atoms with Crippen LogP contribution < -0.4 is 16.4 Å². The number of benzene rings is 1. The molecular formula is C16H18N6O2S.